The van der Waals surface area contributed by atoms with Gasteiger partial charge in [0, 0.05) is 61.0 Å². The second kappa shape index (κ2) is 22.0. The molecule has 2 amide bonds. The van der Waals surface area contributed by atoms with E-state index in [4.69, 9.17) is 33.3 Å². The Labute approximate surface area is 342 Å². The first-order valence-corrected chi connectivity index (χ1v) is 20.2. The number of benzene rings is 2. The van der Waals surface area contributed by atoms with Crippen molar-refractivity contribution in [3.05, 3.63) is 95.7 Å². The highest BCUT2D eigenvalue weighted by Gasteiger charge is 2.44. The molecule has 314 valence electrons. The number of hydrogen-bond acceptors (Lipinski definition) is 11. The number of imide groups is 1. The summed E-state index contributed by atoms with van der Waals surface area (Å²) in [6.45, 7) is 15.4. The third kappa shape index (κ3) is 11.6. The molecule has 0 aromatic heterocycles. The van der Waals surface area contributed by atoms with E-state index >= 15 is 0 Å². The lowest BCUT2D eigenvalue weighted by Crippen LogP contribution is -2.32. The summed E-state index contributed by atoms with van der Waals surface area (Å²) in [5.41, 5.74) is 6.92. The summed E-state index contributed by atoms with van der Waals surface area (Å²) >= 11 is 0. The fraction of sp³-hybridized carbons (Fsp3) is 0.511. The molecule has 13 nitrogen and oxygen atoms in total. The van der Waals surface area contributed by atoms with Gasteiger partial charge in [0.2, 0.25) is 5.69 Å². The minimum atomic E-state index is -0.687. The molecular weight excluding hydrogens is 743 g/mol. The Morgan fingerprint density at radius 1 is 0.690 bits per heavy atom. The van der Waals surface area contributed by atoms with E-state index < -0.39 is 17.8 Å². The number of amides is 2. The summed E-state index contributed by atoms with van der Waals surface area (Å²) in [4.78, 5) is 42.5. The maximum atomic E-state index is 12.0. The van der Waals surface area contributed by atoms with Gasteiger partial charge in [0.15, 0.2) is 12.3 Å². The number of para-hydroxylation sites is 2. The van der Waals surface area contributed by atoms with Crippen LogP contribution >= 0.6 is 0 Å². The lowest BCUT2D eigenvalue weighted by atomic mass is 9.81. The third-order valence-electron chi connectivity index (χ3n) is 10.4. The van der Waals surface area contributed by atoms with Crippen LogP contribution in [0.1, 0.15) is 58.1 Å². The minimum Gasteiger partial charge on any atom is -0.382 e. The molecule has 0 radical (unpaired) electrons. The number of ether oxygens (including phenoxy) is 6. The van der Waals surface area contributed by atoms with E-state index in [1.807, 2.05) is 0 Å². The van der Waals surface area contributed by atoms with Crippen LogP contribution in [0.2, 0.25) is 0 Å². The van der Waals surface area contributed by atoms with E-state index in [2.05, 4.69) is 116 Å². The summed E-state index contributed by atoms with van der Waals surface area (Å²) in [5.74, 6) is -1.69. The van der Waals surface area contributed by atoms with Crippen LogP contribution in [0.3, 0.4) is 0 Å². The molecule has 0 unspecified atom stereocenters. The number of rotatable bonds is 25. The van der Waals surface area contributed by atoms with Crippen molar-refractivity contribution in [3.63, 3.8) is 0 Å². The van der Waals surface area contributed by atoms with Crippen LogP contribution in [0.15, 0.2) is 84.6 Å². The second-order valence-corrected chi connectivity index (χ2v) is 15.1. The monoisotopic (exact) mass is 802 g/mol. The van der Waals surface area contributed by atoms with Crippen LogP contribution < -0.4 is 4.90 Å². The van der Waals surface area contributed by atoms with Crippen LogP contribution in [0.4, 0.5) is 11.4 Å². The summed E-state index contributed by atoms with van der Waals surface area (Å²) in [5, 5.41) is 0.546. The normalized spacial score (nSPS) is 17.8. The van der Waals surface area contributed by atoms with Crippen molar-refractivity contribution in [2.45, 2.75) is 57.8 Å². The van der Waals surface area contributed by atoms with Crippen molar-refractivity contribution in [1.82, 2.24) is 5.06 Å². The van der Waals surface area contributed by atoms with Crippen LogP contribution in [0.25, 0.3) is 0 Å². The minimum absolute atomic E-state index is 0.0585. The average molecular weight is 803 g/mol. The zero-order valence-electron chi connectivity index (χ0n) is 34.7. The summed E-state index contributed by atoms with van der Waals surface area (Å²) in [6.07, 6.45) is 10.8. The van der Waals surface area contributed by atoms with Gasteiger partial charge in [0.25, 0.3) is 11.8 Å². The number of carbonyl (C=O) groups is 3. The molecule has 2 aromatic rings. The molecule has 1 fully saturated rings. The van der Waals surface area contributed by atoms with Gasteiger partial charge in [-0.2, -0.15) is 4.58 Å². The standard InChI is InChI=1S/C45H60N3O10/c1-44(2)35-13-9-11-15-37(35)46(22-25-54-30-29-53-24-21-43(51)58-48-41(49)19-20-42(48)50)39(44)17-7-6-8-18-40-45(3,4)36-14-10-12-16-38(36)47(40)23-26-55-31-32-57-34-33-56-28-27-52-5/h6-18H,19-34H2,1-5H3/q+1. The van der Waals surface area contributed by atoms with E-state index in [-0.39, 0.29) is 36.7 Å². The van der Waals surface area contributed by atoms with Crippen molar-refractivity contribution in [2.75, 3.05) is 97.8 Å². The molecule has 0 spiro atoms. The van der Waals surface area contributed by atoms with Crippen molar-refractivity contribution in [2.24, 2.45) is 0 Å². The first-order chi connectivity index (χ1) is 28.1. The summed E-state index contributed by atoms with van der Waals surface area (Å²) in [6, 6.07) is 17.1. The fourth-order valence-corrected chi connectivity index (χ4v) is 7.40. The average Bonchev–Trinajstić information content (AvgIpc) is 3.72. The van der Waals surface area contributed by atoms with Gasteiger partial charge >= 0.3 is 5.97 Å². The lowest BCUT2D eigenvalue weighted by Gasteiger charge is -2.27. The quantitative estimate of drug-likeness (QED) is 0.0541. The highest BCUT2D eigenvalue weighted by Crippen LogP contribution is 2.47. The number of hydroxylamine groups is 2. The van der Waals surface area contributed by atoms with E-state index in [9.17, 15) is 14.4 Å². The van der Waals surface area contributed by atoms with Gasteiger partial charge < -0.3 is 38.2 Å². The molecule has 3 heterocycles. The molecular formula is C45H60N3O10+. The molecule has 5 rings (SSSR count). The fourth-order valence-electron chi connectivity index (χ4n) is 7.40. The lowest BCUT2D eigenvalue weighted by molar-refractivity contribution is -0.442. The van der Waals surface area contributed by atoms with E-state index in [1.54, 1.807) is 7.11 Å². The van der Waals surface area contributed by atoms with E-state index in [0.717, 1.165) is 12.2 Å². The maximum Gasteiger partial charge on any atom is 0.335 e. The van der Waals surface area contributed by atoms with Gasteiger partial charge in [-0.1, -0.05) is 68.5 Å². The molecule has 58 heavy (non-hydrogen) atoms. The maximum absolute atomic E-state index is 12.0. The van der Waals surface area contributed by atoms with Crippen molar-refractivity contribution in [3.8, 4) is 0 Å². The Kier molecular flexibility index (Phi) is 16.9. The highest BCUT2D eigenvalue weighted by molar-refractivity contribution is 6.03. The molecule has 3 aliphatic heterocycles. The van der Waals surface area contributed by atoms with E-state index in [0.29, 0.717) is 77.7 Å². The number of allylic oxidation sites excluding steroid dienone is 6. The Morgan fingerprint density at radius 3 is 1.97 bits per heavy atom. The molecule has 13 heteroatoms. The zero-order chi connectivity index (χ0) is 41.4. The van der Waals surface area contributed by atoms with Crippen molar-refractivity contribution < 1.29 is 52.2 Å². The van der Waals surface area contributed by atoms with Crippen LogP contribution in [-0.4, -0.2) is 126 Å². The summed E-state index contributed by atoms with van der Waals surface area (Å²) < 4.78 is 35.9. The van der Waals surface area contributed by atoms with E-state index in [1.165, 1.54) is 28.2 Å². The molecule has 0 N–H and O–H groups in total. The van der Waals surface area contributed by atoms with Gasteiger partial charge in [-0.05, 0) is 31.6 Å². The highest BCUT2D eigenvalue weighted by atomic mass is 16.7. The molecule has 3 aliphatic rings. The largest absolute Gasteiger partial charge is 0.382 e. The number of carbonyl (C=O) groups excluding carboxylic acids is 3. The van der Waals surface area contributed by atoms with Crippen LogP contribution in [0.5, 0.6) is 0 Å². The third-order valence-corrected chi connectivity index (χ3v) is 10.4. The Morgan fingerprint density at radius 2 is 1.28 bits per heavy atom. The SMILES string of the molecule is COCCOCCOCCOCC[N+]1=C(/C=C/C=C/C=C2/N(CCOCCOCCC(=O)ON3C(=O)CCC3=O)c3ccccc3C2(C)C)C(C)(C)c2ccccc21. The topological polar surface area (TPSA) is 125 Å². The van der Waals surface area contributed by atoms with Crippen LogP contribution in [-0.2, 0) is 58.5 Å². The molecule has 1 saturated heterocycles. The number of anilines is 1. The van der Waals surface area contributed by atoms with Gasteiger partial charge in [-0.3, -0.25) is 9.59 Å². The zero-order valence-corrected chi connectivity index (χ0v) is 34.7. The Bertz CT molecular complexity index is 1820. The second-order valence-electron chi connectivity index (χ2n) is 15.1. The molecule has 0 saturated carbocycles. The van der Waals surface area contributed by atoms with Gasteiger partial charge in [0.1, 0.15) is 6.61 Å². The first kappa shape index (κ1) is 44.6. The smallest absolute Gasteiger partial charge is 0.335 e. The van der Waals surface area contributed by atoms with Crippen LogP contribution in [0, 0.1) is 0 Å². The first-order valence-electron chi connectivity index (χ1n) is 20.2. The molecule has 0 bridgehead atoms. The predicted octanol–water partition coefficient (Wildman–Crippen LogP) is 5.58. The predicted molar refractivity (Wildman–Crippen MR) is 220 cm³/mol. The summed E-state index contributed by atoms with van der Waals surface area (Å²) in [7, 11) is 1.66. The van der Waals surface area contributed by atoms with Gasteiger partial charge in [-0.25, -0.2) is 4.79 Å². The van der Waals surface area contributed by atoms with Gasteiger partial charge in [0.05, 0.1) is 77.9 Å². The van der Waals surface area contributed by atoms with Gasteiger partial charge in [-0.15, -0.1) is 5.06 Å². The Hall–Kier alpha value is -4.50. The number of nitrogens with zero attached hydrogens (tertiary/aromatic N) is 3. The number of hydrogen-bond donors (Lipinski definition) is 0. The Balaban J connectivity index is 1.13. The number of methoxy groups -OCH3 is 1. The van der Waals surface area contributed by atoms with Crippen molar-refractivity contribution in [1.29, 1.82) is 0 Å². The molecule has 0 aliphatic carbocycles. The molecule has 0 atom stereocenters. The van der Waals surface area contributed by atoms with Crippen molar-refractivity contribution >= 4 is 34.9 Å². The molecule has 2 aromatic carbocycles. The number of fused-ring (bicyclic) bond motifs is 2.